The Morgan fingerprint density at radius 1 is 1.15 bits per heavy atom. The van der Waals surface area contributed by atoms with Gasteiger partial charge in [-0.1, -0.05) is 41.9 Å². The van der Waals surface area contributed by atoms with Crippen LogP contribution in [-0.4, -0.2) is 31.1 Å². The summed E-state index contributed by atoms with van der Waals surface area (Å²) in [6.45, 7) is 3.83. The predicted molar refractivity (Wildman–Crippen MR) is 128 cm³/mol. The smallest absolute Gasteiger partial charge is 0.232 e. The van der Waals surface area contributed by atoms with Crippen molar-refractivity contribution in [3.8, 4) is 17.2 Å². The number of methoxy groups -OCH3 is 1. The van der Waals surface area contributed by atoms with Crippen LogP contribution in [0.1, 0.15) is 32.6 Å². The summed E-state index contributed by atoms with van der Waals surface area (Å²) in [5.74, 6) is 2.30. The van der Waals surface area contributed by atoms with Gasteiger partial charge in [0.25, 0.3) is 0 Å². The molecule has 33 heavy (non-hydrogen) atoms. The lowest BCUT2D eigenvalue weighted by molar-refractivity contribution is 0.0949. The number of allylic oxidation sites excluding steroid dienone is 1. The molecular formula is C27H24ClNO4. The average molecular weight is 462 g/mol. The van der Waals surface area contributed by atoms with Gasteiger partial charge in [0.05, 0.1) is 18.2 Å². The SMILES string of the molecule is COc1cccc(/C=C2\Oc3c4c(cc(C)c3C2=O)OCN(CCc2ccccc2Cl)C4)c1. The summed E-state index contributed by atoms with van der Waals surface area (Å²) in [5.41, 5.74) is 4.32. The summed E-state index contributed by atoms with van der Waals surface area (Å²) >= 11 is 6.31. The van der Waals surface area contributed by atoms with Crippen molar-refractivity contribution in [3.63, 3.8) is 0 Å². The summed E-state index contributed by atoms with van der Waals surface area (Å²) in [7, 11) is 1.62. The Morgan fingerprint density at radius 3 is 2.82 bits per heavy atom. The Balaban J connectivity index is 1.40. The van der Waals surface area contributed by atoms with E-state index >= 15 is 0 Å². The molecule has 0 saturated carbocycles. The number of hydrogen-bond donors (Lipinski definition) is 0. The lowest BCUT2D eigenvalue weighted by Gasteiger charge is -2.30. The van der Waals surface area contributed by atoms with Crippen molar-refractivity contribution in [2.75, 3.05) is 20.4 Å². The minimum Gasteiger partial charge on any atom is -0.497 e. The topological polar surface area (TPSA) is 48.0 Å². The maximum atomic E-state index is 13.2. The van der Waals surface area contributed by atoms with E-state index in [9.17, 15) is 4.79 Å². The predicted octanol–water partition coefficient (Wildman–Crippen LogP) is 5.67. The molecule has 0 radical (unpaired) electrons. The molecule has 3 aromatic rings. The van der Waals surface area contributed by atoms with Gasteiger partial charge >= 0.3 is 0 Å². The van der Waals surface area contributed by atoms with Gasteiger partial charge in [-0.2, -0.15) is 0 Å². The lowest BCUT2D eigenvalue weighted by Crippen LogP contribution is -2.34. The van der Waals surface area contributed by atoms with Crippen LogP contribution in [0.4, 0.5) is 0 Å². The van der Waals surface area contributed by atoms with Gasteiger partial charge in [-0.05, 0) is 60.4 Å². The van der Waals surface area contributed by atoms with Gasteiger partial charge in [0, 0.05) is 18.1 Å². The highest BCUT2D eigenvalue weighted by Crippen LogP contribution is 2.44. The van der Waals surface area contributed by atoms with Crippen LogP contribution in [0.3, 0.4) is 0 Å². The first-order valence-corrected chi connectivity index (χ1v) is 11.2. The second-order valence-electron chi connectivity index (χ2n) is 8.26. The zero-order chi connectivity index (χ0) is 22.9. The second kappa shape index (κ2) is 8.93. The highest BCUT2D eigenvalue weighted by molar-refractivity contribution is 6.31. The molecule has 0 spiro atoms. The van der Waals surface area contributed by atoms with Gasteiger partial charge in [-0.3, -0.25) is 9.69 Å². The zero-order valence-corrected chi connectivity index (χ0v) is 19.3. The zero-order valence-electron chi connectivity index (χ0n) is 18.6. The van der Waals surface area contributed by atoms with Gasteiger partial charge in [0.15, 0.2) is 5.76 Å². The fraction of sp³-hybridized carbons (Fsp3) is 0.222. The van der Waals surface area contributed by atoms with Crippen molar-refractivity contribution < 1.29 is 19.0 Å². The minimum atomic E-state index is -0.110. The van der Waals surface area contributed by atoms with Crippen LogP contribution in [0.2, 0.25) is 5.02 Å². The number of aryl methyl sites for hydroxylation is 1. The van der Waals surface area contributed by atoms with E-state index in [4.69, 9.17) is 25.8 Å². The molecule has 0 aromatic heterocycles. The number of hydrogen-bond acceptors (Lipinski definition) is 5. The van der Waals surface area contributed by atoms with Crippen LogP contribution in [0, 0.1) is 6.92 Å². The van der Waals surface area contributed by atoms with E-state index in [0.717, 1.165) is 51.7 Å². The van der Waals surface area contributed by atoms with Crippen molar-refractivity contribution in [3.05, 3.63) is 93.2 Å². The van der Waals surface area contributed by atoms with Crippen molar-refractivity contribution in [1.82, 2.24) is 4.90 Å². The van der Waals surface area contributed by atoms with E-state index in [1.54, 1.807) is 13.2 Å². The van der Waals surface area contributed by atoms with E-state index < -0.39 is 0 Å². The van der Waals surface area contributed by atoms with Gasteiger partial charge in [0.2, 0.25) is 5.78 Å². The maximum absolute atomic E-state index is 13.2. The molecule has 2 aliphatic rings. The number of carbonyl (C=O) groups excluding carboxylic acids is 1. The van der Waals surface area contributed by atoms with Crippen LogP contribution in [0.5, 0.6) is 17.2 Å². The second-order valence-corrected chi connectivity index (χ2v) is 8.67. The van der Waals surface area contributed by atoms with E-state index in [-0.39, 0.29) is 5.78 Å². The van der Waals surface area contributed by atoms with Gasteiger partial charge in [0.1, 0.15) is 24.0 Å². The summed E-state index contributed by atoms with van der Waals surface area (Å²) < 4.78 is 17.5. The first-order valence-electron chi connectivity index (χ1n) is 10.9. The number of rotatable bonds is 5. The summed E-state index contributed by atoms with van der Waals surface area (Å²) in [5, 5.41) is 0.772. The highest BCUT2D eigenvalue weighted by atomic mass is 35.5. The molecule has 2 aliphatic heterocycles. The van der Waals surface area contributed by atoms with E-state index in [1.165, 1.54) is 0 Å². The molecule has 5 rings (SSSR count). The summed E-state index contributed by atoms with van der Waals surface area (Å²) in [6.07, 6.45) is 2.57. The minimum absolute atomic E-state index is 0.110. The molecule has 3 aromatic carbocycles. The molecule has 0 N–H and O–H groups in total. The molecule has 0 atom stereocenters. The molecule has 0 amide bonds. The summed E-state index contributed by atoms with van der Waals surface area (Å²) in [6, 6.07) is 17.3. The van der Waals surface area contributed by atoms with Crippen LogP contribution in [0.15, 0.2) is 60.4 Å². The number of carbonyl (C=O) groups is 1. The third-order valence-corrected chi connectivity index (χ3v) is 6.40. The molecule has 0 bridgehead atoms. The van der Waals surface area contributed by atoms with E-state index in [1.807, 2.05) is 61.5 Å². The largest absolute Gasteiger partial charge is 0.497 e. The quantitative estimate of drug-likeness (QED) is 0.458. The lowest BCUT2D eigenvalue weighted by atomic mass is 9.98. The highest BCUT2D eigenvalue weighted by Gasteiger charge is 2.35. The van der Waals surface area contributed by atoms with Crippen molar-refractivity contribution in [2.45, 2.75) is 19.9 Å². The Hall–Kier alpha value is -3.28. The Morgan fingerprint density at radius 2 is 2.00 bits per heavy atom. The first-order chi connectivity index (χ1) is 16.0. The average Bonchev–Trinajstić information content (AvgIpc) is 3.15. The molecule has 0 fully saturated rings. The third-order valence-electron chi connectivity index (χ3n) is 6.03. The van der Waals surface area contributed by atoms with Gasteiger partial charge in [-0.15, -0.1) is 0 Å². The number of nitrogens with zero attached hydrogens (tertiary/aromatic N) is 1. The number of ether oxygens (including phenoxy) is 3. The van der Waals surface area contributed by atoms with Gasteiger partial charge < -0.3 is 14.2 Å². The number of Topliss-reactive ketones (excluding diaryl/α,β-unsaturated/α-hetero) is 1. The number of fused-ring (bicyclic) bond motifs is 3. The molecule has 0 aliphatic carbocycles. The normalized spacial score (nSPS) is 16.2. The Kier molecular flexibility index (Phi) is 5.83. The molecule has 0 unspecified atom stereocenters. The molecule has 2 heterocycles. The molecule has 5 nitrogen and oxygen atoms in total. The van der Waals surface area contributed by atoms with Crippen molar-refractivity contribution in [2.24, 2.45) is 0 Å². The standard InChI is InChI=1S/C27H24ClNO4/c1-17-12-23-21(15-29(16-32-23)11-10-19-7-3-4-9-22(19)28)27-25(17)26(30)24(33-27)14-18-6-5-8-20(13-18)31-2/h3-9,12-14H,10-11,15-16H2,1-2H3/b24-14-. The third kappa shape index (κ3) is 4.22. The molecular weight excluding hydrogens is 438 g/mol. The monoisotopic (exact) mass is 461 g/mol. The van der Waals surface area contributed by atoms with E-state index in [2.05, 4.69) is 4.90 Å². The molecule has 6 heteroatoms. The first kappa shape index (κ1) is 21.6. The number of benzene rings is 3. The van der Waals surface area contributed by atoms with Crippen molar-refractivity contribution >= 4 is 23.5 Å². The van der Waals surface area contributed by atoms with Crippen LogP contribution in [0.25, 0.3) is 6.08 Å². The van der Waals surface area contributed by atoms with Crippen LogP contribution < -0.4 is 14.2 Å². The fourth-order valence-corrected chi connectivity index (χ4v) is 4.51. The van der Waals surface area contributed by atoms with Crippen LogP contribution in [-0.2, 0) is 13.0 Å². The van der Waals surface area contributed by atoms with E-state index in [0.29, 0.717) is 30.3 Å². The van der Waals surface area contributed by atoms with Crippen LogP contribution >= 0.6 is 11.6 Å². The summed E-state index contributed by atoms with van der Waals surface area (Å²) in [4.78, 5) is 15.4. The number of ketones is 1. The molecule has 168 valence electrons. The molecule has 0 saturated heterocycles. The Bertz CT molecular complexity index is 1270. The van der Waals surface area contributed by atoms with Crippen molar-refractivity contribution in [1.29, 1.82) is 0 Å². The Labute approximate surface area is 198 Å². The van der Waals surface area contributed by atoms with Gasteiger partial charge in [-0.25, -0.2) is 0 Å². The number of halogens is 1. The fourth-order valence-electron chi connectivity index (χ4n) is 4.28. The maximum Gasteiger partial charge on any atom is 0.232 e.